The fourth-order valence-electron chi connectivity index (χ4n) is 3.64. The zero-order chi connectivity index (χ0) is 17.9. The molecule has 0 saturated heterocycles. The predicted molar refractivity (Wildman–Crippen MR) is 96.8 cm³/mol. The first kappa shape index (κ1) is 17.6. The van der Waals surface area contributed by atoms with Gasteiger partial charge in [-0.05, 0) is 61.4 Å². The number of carbonyl (C=O) groups is 1. The van der Waals surface area contributed by atoms with Crippen molar-refractivity contribution in [2.24, 2.45) is 5.92 Å². The maximum atomic E-state index is 13.0. The normalized spacial score (nSPS) is 24.5. The van der Waals surface area contributed by atoms with Gasteiger partial charge >= 0.3 is 0 Å². The third-order valence-electron chi connectivity index (χ3n) is 5.43. The summed E-state index contributed by atoms with van der Waals surface area (Å²) in [6, 6.07) is 16.0. The number of rotatable bonds is 4. The van der Waals surface area contributed by atoms with Crippen LogP contribution in [-0.2, 0) is 4.79 Å². The monoisotopic (exact) mass is 341 g/mol. The molecule has 0 spiro atoms. The molecule has 4 heteroatoms. The number of hydrogen-bond donors (Lipinski definition) is 2. The zero-order valence-corrected chi connectivity index (χ0v) is 14.4. The molecule has 3 nitrogen and oxygen atoms in total. The summed E-state index contributed by atoms with van der Waals surface area (Å²) in [4.78, 5) is 12.5. The van der Waals surface area contributed by atoms with Crippen LogP contribution < -0.4 is 5.32 Å². The Morgan fingerprint density at radius 1 is 1.12 bits per heavy atom. The summed E-state index contributed by atoms with van der Waals surface area (Å²) >= 11 is 0. The van der Waals surface area contributed by atoms with Crippen LogP contribution in [0.15, 0.2) is 54.6 Å². The van der Waals surface area contributed by atoms with Crippen LogP contribution >= 0.6 is 0 Å². The van der Waals surface area contributed by atoms with Gasteiger partial charge in [0.1, 0.15) is 5.82 Å². The fraction of sp³-hybridized carbons (Fsp3) is 0.381. The maximum absolute atomic E-state index is 13.0. The lowest BCUT2D eigenvalue weighted by molar-refractivity contribution is -0.131. The second-order valence-corrected chi connectivity index (χ2v) is 7.01. The van der Waals surface area contributed by atoms with Crippen LogP contribution in [0.2, 0.25) is 0 Å². The quantitative estimate of drug-likeness (QED) is 0.861. The van der Waals surface area contributed by atoms with Crippen LogP contribution in [0.25, 0.3) is 0 Å². The first-order valence-corrected chi connectivity index (χ1v) is 8.82. The van der Waals surface area contributed by atoms with Gasteiger partial charge in [0.25, 0.3) is 0 Å². The van der Waals surface area contributed by atoms with E-state index in [0.29, 0.717) is 24.4 Å². The third-order valence-corrected chi connectivity index (χ3v) is 5.43. The molecule has 2 aromatic carbocycles. The first-order valence-electron chi connectivity index (χ1n) is 8.82. The molecule has 0 aromatic heterocycles. The van der Waals surface area contributed by atoms with E-state index in [-0.39, 0.29) is 11.7 Å². The number of nitrogens with one attached hydrogen (secondary N) is 1. The zero-order valence-electron chi connectivity index (χ0n) is 14.4. The molecule has 1 fully saturated rings. The summed E-state index contributed by atoms with van der Waals surface area (Å²) in [5.74, 6) is -0.653. The number of aliphatic hydroxyl groups is 1. The average molecular weight is 341 g/mol. The highest BCUT2D eigenvalue weighted by Crippen LogP contribution is 2.41. The lowest BCUT2D eigenvalue weighted by Gasteiger charge is -2.39. The SMILES string of the molecule is CC(C(=O)Nc1ccc(F)cc1)[C@]1(O)CC[C@H](c2ccccc2)CC1. The third kappa shape index (κ3) is 4.07. The van der Waals surface area contributed by atoms with Gasteiger partial charge in [0.15, 0.2) is 0 Å². The summed E-state index contributed by atoms with van der Waals surface area (Å²) in [5, 5.41) is 13.7. The fourth-order valence-corrected chi connectivity index (χ4v) is 3.64. The Labute approximate surface area is 147 Å². The molecule has 0 heterocycles. The summed E-state index contributed by atoms with van der Waals surface area (Å²) in [7, 11) is 0. The first-order chi connectivity index (χ1) is 12.0. The van der Waals surface area contributed by atoms with Gasteiger partial charge < -0.3 is 10.4 Å². The van der Waals surface area contributed by atoms with Gasteiger partial charge in [0.05, 0.1) is 11.5 Å². The van der Waals surface area contributed by atoms with Crippen molar-refractivity contribution >= 4 is 11.6 Å². The molecule has 25 heavy (non-hydrogen) atoms. The van der Waals surface area contributed by atoms with Crippen LogP contribution in [0.3, 0.4) is 0 Å². The number of benzene rings is 2. The predicted octanol–water partition coefficient (Wildman–Crippen LogP) is 4.49. The van der Waals surface area contributed by atoms with E-state index < -0.39 is 11.5 Å². The molecular weight excluding hydrogens is 317 g/mol. The van der Waals surface area contributed by atoms with Crippen molar-refractivity contribution in [2.75, 3.05) is 5.32 Å². The molecule has 1 amide bonds. The molecule has 1 aliphatic rings. The Hall–Kier alpha value is -2.20. The molecule has 0 aliphatic heterocycles. The van der Waals surface area contributed by atoms with Crippen molar-refractivity contribution in [3.63, 3.8) is 0 Å². The Balaban J connectivity index is 1.61. The van der Waals surface area contributed by atoms with Gasteiger partial charge in [-0.2, -0.15) is 0 Å². The minimum absolute atomic E-state index is 0.229. The lowest BCUT2D eigenvalue weighted by Crippen LogP contribution is -2.45. The molecule has 1 unspecified atom stereocenters. The molecule has 1 atom stereocenters. The van der Waals surface area contributed by atoms with Crippen molar-refractivity contribution in [2.45, 2.75) is 44.1 Å². The van der Waals surface area contributed by atoms with Crippen LogP contribution in [0.5, 0.6) is 0 Å². The molecule has 0 radical (unpaired) electrons. The van der Waals surface area contributed by atoms with Gasteiger partial charge in [-0.1, -0.05) is 37.3 Å². The molecule has 2 aromatic rings. The van der Waals surface area contributed by atoms with Gasteiger partial charge in [-0.25, -0.2) is 4.39 Å². The number of halogens is 1. The van der Waals surface area contributed by atoms with Crippen molar-refractivity contribution in [1.29, 1.82) is 0 Å². The Bertz CT molecular complexity index is 706. The van der Waals surface area contributed by atoms with Crippen LogP contribution in [0.4, 0.5) is 10.1 Å². The van der Waals surface area contributed by atoms with E-state index in [0.717, 1.165) is 12.8 Å². The lowest BCUT2D eigenvalue weighted by atomic mass is 9.71. The largest absolute Gasteiger partial charge is 0.389 e. The molecule has 3 rings (SSSR count). The molecule has 0 bridgehead atoms. The Morgan fingerprint density at radius 3 is 2.32 bits per heavy atom. The maximum Gasteiger partial charge on any atom is 0.230 e. The molecular formula is C21H24FNO2. The highest BCUT2D eigenvalue weighted by Gasteiger charge is 2.41. The highest BCUT2D eigenvalue weighted by molar-refractivity contribution is 5.93. The second kappa shape index (κ2) is 7.36. The van der Waals surface area contributed by atoms with Crippen molar-refractivity contribution in [1.82, 2.24) is 0 Å². The molecule has 2 N–H and O–H groups in total. The van der Waals surface area contributed by atoms with E-state index in [1.807, 2.05) is 18.2 Å². The van der Waals surface area contributed by atoms with E-state index in [9.17, 15) is 14.3 Å². The van der Waals surface area contributed by atoms with Crippen molar-refractivity contribution in [3.05, 3.63) is 66.0 Å². The standard InChI is InChI=1S/C21H24FNO2/c1-15(20(24)23-19-9-7-18(22)8-10-19)21(25)13-11-17(12-14-21)16-5-3-2-4-6-16/h2-10,15,17,25H,11-14H2,1H3,(H,23,24)/t15?,17-,21-. The minimum Gasteiger partial charge on any atom is -0.389 e. The number of hydrogen-bond acceptors (Lipinski definition) is 2. The van der Waals surface area contributed by atoms with E-state index in [4.69, 9.17) is 0 Å². The van der Waals surface area contributed by atoms with E-state index in [2.05, 4.69) is 17.4 Å². The Kier molecular flexibility index (Phi) is 5.19. The van der Waals surface area contributed by atoms with Gasteiger partial charge in [0, 0.05) is 5.69 Å². The molecule has 1 saturated carbocycles. The van der Waals surface area contributed by atoms with Crippen molar-refractivity contribution < 1.29 is 14.3 Å². The minimum atomic E-state index is -0.991. The van der Waals surface area contributed by atoms with E-state index >= 15 is 0 Å². The number of carbonyl (C=O) groups excluding carboxylic acids is 1. The second-order valence-electron chi connectivity index (χ2n) is 7.01. The van der Waals surface area contributed by atoms with Crippen LogP contribution in [-0.4, -0.2) is 16.6 Å². The van der Waals surface area contributed by atoms with Gasteiger partial charge in [-0.15, -0.1) is 0 Å². The van der Waals surface area contributed by atoms with E-state index in [1.165, 1.54) is 29.8 Å². The van der Waals surface area contributed by atoms with Crippen LogP contribution in [0.1, 0.15) is 44.1 Å². The van der Waals surface area contributed by atoms with Gasteiger partial charge in [0.2, 0.25) is 5.91 Å². The van der Waals surface area contributed by atoms with Gasteiger partial charge in [-0.3, -0.25) is 4.79 Å². The average Bonchev–Trinajstić information content (AvgIpc) is 2.64. The summed E-state index contributed by atoms with van der Waals surface area (Å²) in [6.07, 6.45) is 2.94. The molecule has 132 valence electrons. The number of amides is 1. The van der Waals surface area contributed by atoms with Crippen LogP contribution in [0, 0.1) is 11.7 Å². The Morgan fingerprint density at radius 2 is 1.72 bits per heavy atom. The summed E-state index contributed by atoms with van der Waals surface area (Å²) in [6.45, 7) is 1.77. The molecule has 1 aliphatic carbocycles. The summed E-state index contributed by atoms with van der Waals surface area (Å²) < 4.78 is 13.0. The topological polar surface area (TPSA) is 49.3 Å². The van der Waals surface area contributed by atoms with E-state index in [1.54, 1.807) is 6.92 Å². The van der Waals surface area contributed by atoms with Crippen molar-refractivity contribution in [3.8, 4) is 0 Å². The summed E-state index contributed by atoms with van der Waals surface area (Å²) in [5.41, 5.74) is 0.850. The number of anilines is 1. The highest BCUT2D eigenvalue weighted by atomic mass is 19.1. The smallest absolute Gasteiger partial charge is 0.230 e.